The monoisotopic (exact) mass is 390 g/mol. The Morgan fingerprint density at radius 3 is 2.69 bits per heavy atom. The number of para-hydroxylation sites is 1. The van der Waals surface area contributed by atoms with Crippen molar-refractivity contribution < 1.29 is 14.3 Å². The van der Waals surface area contributed by atoms with Crippen molar-refractivity contribution >= 4 is 23.2 Å². The number of aromatic nitrogens is 2. The summed E-state index contributed by atoms with van der Waals surface area (Å²) in [6.07, 6.45) is 2.53. The summed E-state index contributed by atoms with van der Waals surface area (Å²) in [6, 6.07) is 15.2. The minimum atomic E-state index is -0.319. The van der Waals surface area contributed by atoms with Crippen LogP contribution in [0.25, 0.3) is 0 Å². The van der Waals surface area contributed by atoms with Crippen molar-refractivity contribution in [1.29, 1.82) is 0 Å². The molecular weight excluding hydrogens is 368 g/mol. The van der Waals surface area contributed by atoms with Crippen LogP contribution >= 0.6 is 0 Å². The molecule has 1 atom stereocenters. The second kappa shape index (κ2) is 7.79. The number of nitrogens with one attached hydrogen (secondary N) is 1. The molecule has 7 nitrogen and oxygen atoms in total. The first-order chi connectivity index (χ1) is 14.1. The molecule has 1 aromatic heterocycles. The highest BCUT2D eigenvalue weighted by Gasteiger charge is 2.29. The van der Waals surface area contributed by atoms with Gasteiger partial charge in [-0.05, 0) is 43.2 Å². The Morgan fingerprint density at radius 1 is 1.10 bits per heavy atom. The number of amides is 1. The molecule has 29 heavy (non-hydrogen) atoms. The molecule has 1 amide bonds. The molecule has 1 unspecified atom stereocenters. The number of fused-ring (bicyclic) bond motifs is 1. The molecule has 0 fully saturated rings. The molecule has 0 bridgehead atoms. The van der Waals surface area contributed by atoms with Gasteiger partial charge < -0.3 is 19.7 Å². The van der Waals surface area contributed by atoms with Crippen LogP contribution in [0, 0.1) is 0 Å². The molecule has 2 heterocycles. The maximum absolute atomic E-state index is 12.8. The van der Waals surface area contributed by atoms with Crippen LogP contribution in [0.3, 0.4) is 0 Å². The molecule has 0 saturated heterocycles. The molecule has 1 aliphatic heterocycles. The van der Waals surface area contributed by atoms with E-state index in [4.69, 9.17) is 9.47 Å². The lowest BCUT2D eigenvalue weighted by molar-refractivity contribution is 0.102. The van der Waals surface area contributed by atoms with Gasteiger partial charge in [-0.25, -0.2) is 9.97 Å². The van der Waals surface area contributed by atoms with E-state index in [0.717, 1.165) is 12.1 Å². The van der Waals surface area contributed by atoms with Crippen LogP contribution < -0.4 is 19.7 Å². The van der Waals surface area contributed by atoms with Crippen molar-refractivity contribution in [3.05, 3.63) is 66.0 Å². The molecule has 3 aromatic rings. The summed E-state index contributed by atoms with van der Waals surface area (Å²) in [5.74, 6) is 1.33. The largest absolute Gasteiger partial charge is 0.493 e. The summed E-state index contributed by atoms with van der Waals surface area (Å²) < 4.78 is 10.5. The van der Waals surface area contributed by atoms with Crippen LogP contribution in [0.2, 0.25) is 0 Å². The van der Waals surface area contributed by atoms with Crippen LogP contribution in [-0.2, 0) is 6.42 Å². The Hall–Kier alpha value is -3.61. The number of benzene rings is 2. The predicted molar refractivity (Wildman–Crippen MR) is 111 cm³/mol. The molecule has 148 valence electrons. The van der Waals surface area contributed by atoms with Crippen molar-refractivity contribution in [2.75, 3.05) is 24.4 Å². The quantitative estimate of drug-likeness (QED) is 0.714. The Kier molecular flexibility index (Phi) is 5.03. The topological polar surface area (TPSA) is 76.6 Å². The van der Waals surface area contributed by atoms with E-state index in [-0.39, 0.29) is 11.9 Å². The van der Waals surface area contributed by atoms with Crippen molar-refractivity contribution in [2.24, 2.45) is 0 Å². The summed E-state index contributed by atoms with van der Waals surface area (Å²) >= 11 is 0. The van der Waals surface area contributed by atoms with Gasteiger partial charge in [-0.15, -0.1) is 0 Å². The minimum absolute atomic E-state index is 0.219. The third-order valence-electron chi connectivity index (χ3n) is 4.94. The fourth-order valence-electron chi connectivity index (χ4n) is 3.57. The molecule has 2 aromatic carbocycles. The van der Waals surface area contributed by atoms with Gasteiger partial charge in [-0.1, -0.05) is 18.2 Å². The zero-order valence-corrected chi connectivity index (χ0v) is 16.5. The summed E-state index contributed by atoms with van der Waals surface area (Å²) in [7, 11) is 3.12. The number of carbonyl (C=O) groups is 1. The van der Waals surface area contributed by atoms with Crippen LogP contribution in [0.5, 0.6) is 11.5 Å². The summed E-state index contributed by atoms with van der Waals surface area (Å²) in [5, 5.41) is 2.85. The van der Waals surface area contributed by atoms with Gasteiger partial charge in [-0.2, -0.15) is 0 Å². The van der Waals surface area contributed by atoms with Gasteiger partial charge in [-0.3, -0.25) is 4.79 Å². The van der Waals surface area contributed by atoms with Crippen LogP contribution in [0.15, 0.2) is 54.7 Å². The lowest BCUT2D eigenvalue weighted by atomic mass is 10.1. The number of rotatable bonds is 5. The maximum atomic E-state index is 12.8. The molecule has 0 radical (unpaired) electrons. The van der Waals surface area contributed by atoms with Gasteiger partial charge >= 0.3 is 0 Å². The molecule has 0 spiro atoms. The van der Waals surface area contributed by atoms with E-state index in [1.807, 2.05) is 12.1 Å². The Balaban J connectivity index is 1.59. The summed E-state index contributed by atoms with van der Waals surface area (Å²) in [5.41, 5.74) is 3.22. The number of methoxy groups -OCH3 is 2. The Bertz CT molecular complexity index is 1050. The first kappa shape index (κ1) is 18.7. The van der Waals surface area contributed by atoms with E-state index in [9.17, 15) is 4.79 Å². The van der Waals surface area contributed by atoms with Crippen molar-refractivity contribution in [2.45, 2.75) is 19.4 Å². The minimum Gasteiger partial charge on any atom is -0.493 e. The van der Waals surface area contributed by atoms with E-state index in [0.29, 0.717) is 28.8 Å². The summed E-state index contributed by atoms with van der Waals surface area (Å²) in [6.45, 7) is 2.12. The molecule has 4 rings (SSSR count). The molecule has 1 N–H and O–H groups in total. The molecule has 7 heteroatoms. The first-order valence-corrected chi connectivity index (χ1v) is 9.34. The highest BCUT2D eigenvalue weighted by molar-refractivity contribution is 6.03. The van der Waals surface area contributed by atoms with E-state index in [2.05, 4.69) is 39.2 Å². The van der Waals surface area contributed by atoms with Crippen LogP contribution in [0.1, 0.15) is 23.0 Å². The second-order valence-electron chi connectivity index (χ2n) is 6.82. The molecule has 1 aliphatic rings. The number of ether oxygens (including phenoxy) is 2. The third-order valence-corrected chi connectivity index (χ3v) is 4.94. The van der Waals surface area contributed by atoms with Gasteiger partial charge in [0.1, 0.15) is 5.69 Å². The van der Waals surface area contributed by atoms with Gasteiger partial charge in [0.15, 0.2) is 11.5 Å². The average molecular weight is 390 g/mol. The Labute approximate surface area is 169 Å². The van der Waals surface area contributed by atoms with Crippen molar-refractivity contribution in [1.82, 2.24) is 9.97 Å². The standard InChI is InChI=1S/C22H22N4O3/c1-14-12-15-6-4-5-7-18(15)26(14)22-23-11-10-17(25-22)21(27)24-16-8-9-19(28-2)20(13-16)29-3/h4-11,13-14H,12H2,1-3H3,(H,24,27). The third kappa shape index (κ3) is 3.59. The zero-order chi connectivity index (χ0) is 20.4. The number of hydrogen-bond acceptors (Lipinski definition) is 6. The van der Waals surface area contributed by atoms with Gasteiger partial charge in [0, 0.05) is 29.7 Å². The van der Waals surface area contributed by atoms with Crippen molar-refractivity contribution in [3.63, 3.8) is 0 Å². The number of carbonyl (C=O) groups excluding carboxylic acids is 1. The Morgan fingerprint density at radius 2 is 1.90 bits per heavy atom. The van der Waals surface area contributed by atoms with Crippen LogP contribution in [-0.4, -0.2) is 36.1 Å². The highest BCUT2D eigenvalue weighted by Crippen LogP contribution is 2.36. The lowest BCUT2D eigenvalue weighted by Crippen LogP contribution is -2.26. The molecule has 0 aliphatic carbocycles. The maximum Gasteiger partial charge on any atom is 0.274 e. The zero-order valence-electron chi connectivity index (χ0n) is 16.5. The van der Waals surface area contributed by atoms with E-state index in [1.165, 1.54) is 5.56 Å². The van der Waals surface area contributed by atoms with Gasteiger partial charge in [0.25, 0.3) is 5.91 Å². The van der Waals surface area contributed by atoms with Gasteiger partial charge in [0.2, 0.25) is 5.95 Å². The normalized spacial score (nSPS) is 15.0. The summed E-state index contributed by atoms with van der Waals surface area (Å²) in [4.78, 5) is 23.8. The number of anilines is 3. The van der Waals surface area contributed by atoms with E-state index >= 15 is 0 Å². The fourth-order valence-corrected chi connectivity index (χ4v) is 3.57. The van der Waals surface area contributed by atoms with Gasteiger partial charge in [0.05, 0.1) is 14.2 Å². The van der Waals surface area contributed by atoms with E-state index < -0.39 is 0 Å². The molecular formula is C22H22N4O3. The molecule has 0 saturated carbocycles. The lowest BCUT2D eigenvalue weighted by Gasteiger charge is -2.22. The van der Waals surface area contributed by atoms with Crippen molar-refractivity contribution in [3.8, 4) is 11.5 Å². The van der Waals surface area contributed by atoms with Crippen LogP contribution in [0.4, 0.5) is 17.3 Å². The van der Waals surface area contributed by atoms with E-state index in [1.54, 1.807) is 44.7 Å². The number of nitrogens with zero attached hydrogens (tertiary/aromatic N) is 3. The highest BCUT2D eigenvalue weighted by atomic mass is 16.5. The SMILES string of the molecule is COc1ccc(NC(=O)c2ccnc(N3c4ccccc4CC3C)n2)cc1OC. The smallest absolute Gasteiger partial charge is 0.274 e. The average Bonchev–Trinajstić information content (AvgIpc) is 3.09. The first-order valence-electron chi connectivity index (χ1n) is 9.34. The fraction of sp³-hybridized carbons (Fsp3) is 0.227. The number of hydrogen-bond donors (Lipinski definition) is 1. The predicted octanol–water partition coefficient (Wildman–Crippen LogP) is 3.83. The second-order valence-corrected chi connectivity index (χ2v) is 6.82.